The molecule has 0 spiro atoms. The largest absolute Gasteiger partial charge is 0.485 e. The van der Waals surface area contributed by atoms with Gasteiger partial charge in [0, 0.05) is 6.04 Å². The van der Waals surface area contributed by atoms with Crippen molar-refractivity contribution in [1.29, 1.82) is 0 Å². The molecule has 0 aromatic heterocycles. The minimum absolute atomic E-state index is 0.154. The van der Waals surface area contributed by atoms with Crippen LogP contribution in [0.5, 0.6) is 11.5 Å². The summed E-state index contributed by atoms with van der Waals surface area (Å²) in [5.41, 5.74) is 2.58. The highest BCUT2D eigenvalue weighted by Gasteiger charge is 2.25. The number of para-hydroxylation sites is 2. The number of benzene rings is 1. The third-order valence-corrected chi connectivity index (χ3v) is 2.36. The maximum absolute atomic E-state index is 5.79. The topological polar surface area (TPSA) is 68.9 Å². The molecule has 2 rings (SSSR count). The van der Waals surface area contributed by atoms with E-state index in [1.54, 1.807) is 0 Å². The van der Waals surface area contributed by atoms with Crippen molar-refractivity contribution in [2.45, 2.75) is 26.0 Å². The predicted octanol–water partition coefficient (Wildman–Crippen LogP) is 1.10. The lowest BCUT2D eigenvalue weighted by molar-refractivity contribution is 0.132. The SMILES string of the molecule is CC(C)N=C(NN)C1COc2ccccc2O1. The molecule has 1 unspecified atom stereocenters. The van der Waals surface area contributed by atoms with Crippen molar-refractivity contribution in [3.63, 3.8) is 0 Å². The standard InChI is InChI=1S/C12H17N3O2/c1-8(2)14-12(15-13)11-7-16-9-5-3-4-6-10(9)17-11/h3-6,8,11H,7,13H2,1-2H3,(H,14,15). The van der Waals surface area contributed by atoms with E-state index >= 15 is 0 Å². The van der Waals surface area contributed by atoms with Crippen molar-refractivity contribution in [1.82, 2.24) is 5.43 Å². The number of nitrogens with one attached hydrogen (secondary N) is 1. The minimum atomic E-state index is -0.280. The van der Waals surface area contributed by atoms with Gasteiger partial charge in [0.05, 0.1) is 0 Å². The summed E-state index contributed by atoms with van der Waals surface area (Å²) in [4.78, 5) is 4.37. The summed E-state index contributed by atoms with van der Waals surface area (Å²) in [5, 5.41) is 0. The van der Waals surface area contributed by atoms with E-state index < -0.39 is 0 Å². The van der Waals surface area contributed by atoms with Crippen molar-refractivity contribution in [3.8, 4) is 11.5 Å². The molecule has 0 aliphatic carbocycles. The first-order valence-electron chi connectivity index (χ1n) is 5.63. The molecule has 0 saturated heterocycles. The van der Waals surface area contributed by atoms with Gasteiger partial charge in [-0.25, -0.2) is 5.84 Å². The van der Waals surface area contributed by atoms with E-state index in [4.69, 9.17) is 15.3 Å². The summed E-state index contributed by atoms with van der Waals surface area (Å²) in [5.74, 6) is 7.53. The first kappa shape index (κ1) is 11.7. The van der Waals surface area contributed by atoms with E-state index in [-0.39, 0.29) is 12.1 Å². The van der Waals surface area contributed by atoms with Crippen LogP contribution < -0.4 is 20.7 Å². The van der Waals surface area contributed by atoms with Crippen LogP contribution in [0.15, 0.2) is 29.3 Å². The second-order valence-corrected chi connectivity index (χ2v) is 4.12. The van der Waals surface area contributed by atoms with Crippen molar-refractivity contribution in [3.05, 3.63) is 24.3 Å². The van der Waals surface area contributed by atoms with E-state index in [1.165, 1.54) is 0 Å². The third kappa shape index (κ3) is 2.68. The molecule has 3 N–H and O–H groups in total. The van der Waals surface area contributed by atoms with E-state index in [9.17, 15) is 0 Å². The van der Waals surface area contributed by atoms with Crippen LogP contribution in [0.3, 0.4) is 0 Å². The van der Waals surface area contributed by atoms with Crippen LogP contribution in [0.2, 0.25) is 0 Å². The van der Waals surface area contributed by atoms with Crippen molar-refractivity contribution < 1.29 is 9.47 Å². The molecule has 1 heterocycles. The smallest absolute Gasteiger partial charge is 0.190 e. The molecular formula is C12H17N3O2. The molecule has 1 aromatic rings. The maximum atomic E-state index is 5.79. The number of amidine groups is 1. The normalized spacial score (nSPS) is 19.3. The van der Waals surface area contributed by atoms with Gasteiger partial charge < -0.3 is 14.9 Å². The number of rotatable bonds is 2. The van der Waals surface area contributed by atoms with Gasteiger partial charge in [0.25, 0.3) is 0 Å². The second kappa shape index (κ2) is 5.05. The maximum Gasteiger partial charge on any atom is 0.190 e. The quantitative estimate of drug-likeness (QED) is 0.348. The molecular weight excluding hydrogens is 218 g/mol. The van der Waals surface area contributed by atoms with Crippen LogP contribution in [0.25, 0.3) is 0 Å². The zero-order valence-corrected chi connectivity index (χ0v) is 10.0. The predicted molar refractivity (Wildman–Crippen MR) is 66.2 cm³/mol. The number of nitrogens with two attached hydrogens (primary N) is 1. The Morgan fingerprint density at radius 2 is 2.12 bits per heavy atom. The minimum Gasteiger partial charge on any atom is -0.485 e. The summed E-state index contributed by atoms with van der Waals surface area (Å²) >= 11 is 0. The summed E-state index contributed by atoms with van der Waals surface area (Å²) in [6, 6.07) is 7.71. The van der Waals surface area contributed by atoms with Crippen LogP contribution in [0.4, 0.5) is 0 Å². The summed E-state index contributed by atoms with van der Waals surface area (Å²) in [6.45, 7) is 4.37. The van der Waals surface area contributed by atoms with Crippen molar-refractivity contribution in [2.75, 3.05) is 6.61 Å². The van der Waals surface area contributed by atoms with Gasteiger partial charge in [-0.15, -0.1) is 0 Å². The second-order valence-electron chi connectivity index (χ2n) is 4.12. The average Bonchev–Trinajstić information content (AvgIpc) is 2.35. The Kier molecular flexibility index (Phi) is 3.49. The molecule has 0 bridgehead atoms. The number of hydrogen-bond acceptors (Lipinski definition) is 4. The van der Waals surface area contributed by atoms with Gasteiger partial charge in [0.1, 0.15) is 6.61 Å². The Morgan fingerprint density at radius 1 is 1.41 bits per heavy atom. The van der Waals surface area contributed by atoms with Crippen LogP contribution >= 0.6 is 0 Å². The zero-order valence-electron chi connectivity index (χ0n) is 10.0. The Labute approximate surface area is 101 Å². The fraction of sp³-hybridized carbons (Fsp3) is 0.417. The molecule has 92 valence electrons. The molecule has 1 atom stereocenters. The Hall–Kier alpha value is -1.75. The molecule has 0 amide bonds. The zero-order chi connectivity index (χ0) is 12.3. The summed E-state index contributed by atoms with van der Waals surface area (Å²) < 4.78 is 11.4. The van der Waals surface area contributed by atoms with Gasteiger partial charge in [-0.1, -0.05) is 12.1 Å². The van der Waals surface area contributed by atoms with E-state index in [1.807, 2.05) is 38.1 Å². The van der Waals surface area contributed by atoms with Crippen molar-refractivity contribution >= 4 is 5.84 Å². The lowest BCUT2D eigenvalue weighted by Gasteiger charge is -2.27. The molecule has 1 aliphatic rings. The molecule has 0 radical (unpaired) electrons. The van der Waals surface area contributed by atoms with Gasteiger partial charge in [0.2, 0.25) is 0 Å². The lowest BCUT2D eigenvalue weighted by Crippen LogP contribution is -2.47. The Bertz CT molecular complexity index is 418. The van der Waals surface area contributed by atoms with E-state index in [2.05, 4.69) is 10.4 Å². The monoisotopic (exact) mass is 235 g/mol. The molecule has 0 saturated carbocycles. The highest BCUT2D eigenvalue weighted by atomic mass is 16.6. The van der Waals surface area contributed by atoms with Crippen LogP contribution in [0, 0.1) is 0 Å². The van der Waals surface area contributed by atoms with E-state index in [0.29, 0.717) is 12.4 Å². The fourth-order valence-corrected chi connectivity index (χ4v) is 1.65. The Balaban J connectivity index is 2.16. The molecule has 1 aliphatic heterocycles. The summed E-state index contributed by atoms with van der Waals surface area (Å²) in [7, 11) is 0. The van der Waals surface area contributed by atoms with Crippen LogP contribution in [0.1, 0.15) is 13.8 Å². The lowest BCUT2D eigenvalue weighted by atomic mass is 10.2. The van der Waals surface area contributed by atoms with Crippen LogP contribution in [-0.2, 0) is 0 Å². The van der Waals surface area contributed by atoms with Crippen LogP contribution in [-0.4, -0.2) is 24.6 Å². The number of hydrazine groups is 1. The number of hydrogen-bond donors (Lipinski definition) is 2. The number of fused-ring (bicyclic) bond motifs is 1. The van der Waals surface area contributed by atoms with Crippen molar-refractivity contribution in [2.24, 2.45) is 10.8 Å². The Morgan fingerprint density at radius 3 is 2.76 bits per heavy atom. The highest BCUT2D eigenvalue weighted by Crippen LogP contribution is 2.30. The third-order valence-electron chi connectivity index (χ3n) is 2.36. The number of aliphatic imine (C=N–C) groups is 1. The first-order chi connectivity index (χ1) is 8.20. The van der Waals surface area contributed by atoms with Gasteiger partial charge in [-0.2, -0.15) is 0 Å². The van der Waals surface area contributed by atoms with Gasteiger partial charge >= 0.3 is 0 Å². The first-order valence-corrected chi connectivity index (χ1v) is 5.63. The fourth-order valence-electron chi connectivity index (χ4n) is 1.65. The average molecular weight is 235 g/mol. The molecule has 17 heavy (non-hydrogen) atoms. The number of nitrogens with zero attached hydrogens (tertiary/aromatic N) is 1. The summed E-state index contributed by atoms with van der Waals surface area (Å²) in [6.07, 6.45) is -0.280. The molecule has 1 aromatic carbocycles. The van der Waals surface area contributed by atoms with Gasteiger partial charge in [-0.05, 0) is 26.0 Å². The number of ether oxygens (including phenoxy) is 2. The van der Waals surface area contributed by atoms with E-state index in [0.717, 1.165) is 11.5 Å². The highest BCUT2D eigenvalue weighted by molar-refractivity contribution is 5.87. The van der Waals surface area contributed by atoms with Gasteiger partial charge in [-0.3, -0.25) is 4.99 Å². The molecule has 0 fully saturated rings. The molecule has 5 nitrogen and oxygen atoms in total. The van der Waals surface area contributed by atoms with Gasteiger partial charge in [0.15, 0.2) is 23.4 Å². The molecule has 5 heteroatoms.